The lowest BCUT2D eigenvalue weighted by molar-refractivity contribution is -0.146. The highest BCUT2D eigenvalue weighted by Crippen LogP contribution is 2.30. The van der Waals surface area contributed by atoms with Gasteiger partial charge in [-0.05, 0) is 36.7 Å². The van der Waals surface area contributed by atoms with Crippen molar-refractivity contribution in [1.82, 2.24) is 20.1 Å². The Morgan fingerprint density at radius 3 is 2.39 bits per heavy atom. The molecule has 1 unspecified atom stereocenters. The van der Waals surface area contributed by atoms with E-state index in [0.717, 1.165) is 29.8 Å². The summed E-state index contributed by atoms with van der Waals surface area (Å²) in [7, 11) is 4.95. The third-order valence-electron chi connectivity index (χ3n) is 9.61. The molecule has 0 radical (unpaired) electrons. The zero-order valence-corrected chi connectivity index (χ0v) is 29.7. The van der Waals surface area contributed by atoms with Crippen LogP contribution in [0.3, 0.4) is 0 Å². The van der Waals surface area contributed by atoms with E-state index in [4.69, 9.17) is 15.2 Å². The van der Waals surface area contributed by atoms with Crippen LogP contribution in [0, 0.1) is 17.8 Å². The largest absolute Gasteiger partial charge is 0.379 e. The summed E-state index contributed by atoms with van der Waals surface area (Å²) >= 11 is 1.51. The first kappa shape index (κ1) is 37.6. The number of likely N-dealkylation sites (N-methyl/N-ethyl adjacent to an activating group) is 1. The van der Waals surface area contributed by atoms with Gasteiger partial charge >= 0.3 is 0 Å². The van der Waals surface area contributed by atoms with E-state index in [-0.39, 0.29) is 54.1 Å². The number of nitrogens with two attached hydrogens (primary N) is 1. The van der Waals surface area contributed by atoms with Crippen molar-refractivity contribution in [3.63, 3.8) is 0 Å². The number of nitrogens with zero attached hydrogens (tertiary/aromatic N) is 3. The van der Waals surface area contributed by atoms with Crippen molar-refractivity contribution in [2.75, 3.05) is 27.8 Å². The number of carbonyl (C=O) groups excluding carboxylic acids is 3. The Morgan fingerprint density at radius 2 is 1.83 bits per heavy atom. The first-order chi connectivity index (χ1) is 21.9. The number of thiazole rings is 1. The fourth-order valence-corrected chi connectivity index (χ4v) is 7.28. The van der Waals surface area contributed by atoms with E-state index in [9.17, 15) is 14.4 Å². The Morgan fingerprint density at radius 1 is 1.13 bits per heavy atom. The molecule has 3 rings (SSSR count). The Balaban J connectivity index is 1.75. The minimum absolute atomic E-state index is 0.0131. The van der Waals surface area contributed by atoms with Crippen LogP contribution >= 0.6 is 11.3 Å². The van der Waals surface area contributed by atoms with Crippen molar-refractivity contribution in [2.24, 2.45) is 23.5 Å². The third kappa shape index (κ3) is 9.36. The Bertz CT molecular complexity index is 1230. The molecular weight excluding hydrogens is 602 g/mol. The van der Waals surface area contributed by atoms with Crippen LogP contribution in [0.4, 0.5) is 0 Å². The van der Waals surface area contributed by atoms with Gasteiger partial charge in [-0.15, -0.1) is 11.3 Å². The second-order valence-corrected chi connectivity index (χ2v) is 13.9. The molecule has 8 atom stereocenters. The van der Waals surface area contributed by atoms with Gasteiger partial charge in [-0.1, -0.05) is 71.4 Å². The number of hydrogen-bond acceptors (Lipinski definition) is 8. The predicted molar refractivity (Wildman–Crippen MR) is 182 cm³/mol. The van der Waals surface area contributed by atoms with Crippen LogP contribution < -0.4 is 11.1 Å². The summed E-state index contributed by atoms with van der Waals surface area (Å²) in [6.45, 7) is 10.4. The number of likely N-dealkylation sites (tertiary alicyclic amines) is 1. The van der Waals surface area contributed by atoms with Crippen LogP contribution in [0.25, 0.3) is 0 Å². The smallest absolute Gasteiger partial charge is 0.239 e. The Labute approximate surface area is 279 Å². The van der Waals surface area contributed by atoms with Gasteiger partial charge in [0.25, 0.3) is 0 Å². The molecule has 1 saturated heterocycles. The fraction of sp³-hybridized carbons (Fsp3) is 0.657. The second kappa shape index (κ2) is 17.9. The van der Waals surface area contributed by atoms with Gasteiger partial charge in [-0.25, -0.2) is 4.98 Å². The minimum atomic E-state index is -0.634. The van der Waals surface area contributed by atoms with E-state index in [1.165, 1.54) is 11.3 Å². The normalized spacial score (nSPS) is 19.6. The SMILES string of the molecule is CC[C@H](C)[C@@H]([C@@H](CC(=O)N1CCCC1[C@H](OC)[C@@H](C)C(=O)N[C@@H](Cc1ccccc1)c1nccs1)OC)N(C)C(=O)[C@@H](N)C(C)C. The zero-order valence-electron chi connectivity index (χ0n) is 28.8. The monoisotopic (exact) mass is 657 g/mol. The second-order valence-electron chi connectivity index (χ2n) is 13.0. The number of aromatic nitrogens is 1. The number of nitrogens with one attached hydrogen (secondary N) is 1. The van der Waals surface area contributed by atoms with Gasteiger partial charge in [0.2, 0.25) is 17.7 Å². The van der Waals surface area contributed by atoms with Gasteiger partial charge in [-0.2, -0.15) is 0 Å². The van der Waals surface area contributed by atoms with Crippen LogP contribution in [0.1, 0.15) is 76.9 Å². The topological polar surface area (TPSA) is 127 Å². The number of rotatable bonds is 17. The molecule has 3 N–H and O–H groups in total. The summed E-state index contributed by atoms with van der Waals surface area (Å²) in [6.07, 6.45) is 3.81. The molecule has 1 aliphatic heterocycles. The standard InChI is InChI=1S/C35H55N5O5S/c1-9-23(4)31(39(6)35(43)30(36)22(2)3)28(44-7)21-29(41)40-18-13-16-27(40)32(45-8)24(5)33(42)38-26(34-37-17-19-46-34)20-25-14-11-10-12-15-25/h10-12,14-15,17,19,22-24,26-28,30-32H,9,13,16,18,20-21,36H2,1-8H3,(H,38,42)/t23-,24+,26-,27?,28+,30-,31-,32+/m0/s1. The van der Waals surface area contributed by atoms with Crippen LogP contribution in [0.2, 0.25) is 0 Å². The van der Waals surface area contributed by atoms with Gasteiger partial charge in [0.05, 0.1) is 48.7 Å². The van der Waals surface area contributed by atoms with Crippen molar-refractivity contribution in [2.45, 2.75) is 103 Å². The molecule has 2 heterocycles. The van der Waals surface area contributed by atoms with E-state index in [1.54, 1.807) is 32.4 Å². The average Bonchev–Trinajstić information content (AvgIpc) is 3.77. The lowest BCUT2D eigenvalue weighted by Gasteiger charge is -2.40. The molecule has 0 spiro atoms. The lowest BCUT2D eigenvalue weighted by atomic mass is 9.89. The molecule has 1 aliphatic rings. The third-order valence-corrected chi connectivity index (χ3v) is 10.5. The maximum Gasteiger partial charge on any atom is 0.239 e. The average molecular weight is 658 g/mol. The zero-order chi connectivity index (χ0) is 34.0. The molecule has 1 aromatic heterocycles. The van der Waals surface area contributed by atoms with Crippen molar-refractivity contribution < 1.29 is 23.9 Å². The Hall–Kier alpha value is -2.86. The van der Waals surface area contributed by atoms with Gasteiger partial charge in [0.1, 0.15) is 5.01 Å². The molecule has 1 aromatic carbocycles. The van der Waals surface area contributed by atoms with Crippen molar-refractivity contribution in [1.29, 1.82) is 0 Å². The molecule has 2 aromatic rings. The van der Waals surface area contributed by atoms with Gasteiger partial charge in [0, 0.05) is 39.4 Å². The van der Waals surface area contributed by atoms with Crippen molar-refractivity contribution >= 4 is 29.1 Å². The molecule has 10 nitrogen and oxygen atoms in total. The van der Waals surface area contributed by atoms with Gasteiger partial charge < -0.3 is 30.3 Å². The summed E-state index contributed by atoms with van der Waals surface area (Å²) < 4.78 is 11.9. The van der Waals surface area contributed by atoms with Gasteiger partial charge in [-0.3, -0.25) is 14.4 Å². The summed E-state index contributed by atoms with van der Waals surface area (Å²) in [4.78, 5) is 49.0. The number of ether oxygens (including phenoxy) is 2. The minimum Gasteiger partial charge on any atom is -0.379 e. The van der Waals surface area contributed by atoms with Crippen LogP contribution in [-0.2, 0) is 30.3 Å². The molecule has 0 saturated carbocycles. The molecule has 46 heavy (non-hydrogen) atoms. The highest BCUT2D eigenvalue weighted by Gasteiger charge is 2.42. The van der Waals surface area contributed by atoms with E-state index >= 15 is 0 Å². The summed E-state index contributed by atoms with van der Waals surface area (Å²) in [5.41, 5.74) is 7.35. The molecule has 3 amide bonds. The van der Waals surface area contributed by atoms with Crippen molar-refractivity contribution in [3.8, 4) is 0 Å². The molecule has 11 heteroatoms. The van der Waals surface area contributed by atoms with Crippen LogP contribution in [-0.4, -0.2) is 90.7 Å². The predicted octanol–water partition coefficient (Wildman–Crippen LogP) is 4.45. The number of carbonyl (C=O) groups is 3. The fourth-order valence-electron chi connectivity index (χ4n) is 6.59. The maximum absolute atomic E-state index is 14.0. The first-order valence-electron chi connectivity index (χ1n) is 16.6. The highest BCUT2D eigenvalue weighted by atomic mass is 32.1. The lowest BCUT2D eigenvalue weighted by Crippen LogP contribution is -2.56. The highest BCUT2D eigenvalue weighted by molar-refractivity contribution is 7.09. The van der Waals surface area contributed by atoms with E-state index < -0.39 is 24.2 Å². The summed E-state index contributed by atoms with van der Waals surface area (Å²) in [6, 6.07) is 8.53. The van der Waals surface area contributed by atoms with Crippen molar-refractivity contribution in [3.05, 3.63) is 52.5 Å². The molecular formula is C35H55N5O5S. The van der Waals surface area contributed by atoms with E-state index in [1.807, 2.05) is 61.4 Å². The van der Waals surface area contributed by atoms with Crippen LogP contribution in [0.15, 0.2) is 41.9 Å². The summed E-state index contributed by atoms with van der Waals surface area (Å²) in [5, 5.41) is 5.98. The van der Waals surface area contributed by atoms with Gasteiger partial charge in [0.15, 0.2) is 0 Å². The van der Waals surface area contributed by atoms with E-state index in [0.29, 0.717) is 13.0 Å². The molecule has 256 valence electrons. The van der Waals surface area contributed by atoms with Crippen LogP contribution in [0.5, 0.6) is 0 Å². The maximum atomic E-state index is 14.0. The number of methoxy groups -OCH3 is 2. The molecule has 1 fully saturated rings. The Kier molecular flexibility index (Phi) is 14.6. The number of benzene rings is 1. The summed E-state index contributed by atoms with van der Waals surface area (Å²) in [5.74, 6) is -0.824. The number of hydrogen-bond donors (Lipinski definition) is 2. The number of amides is 3. The first-order valence-corrected chi connectivity index (χ1v) is 17.4. The van der Waals surface area contributed by atoms with E-state index in [2.05, 4.69) is 24.1 Å². The quantitative estimate of drug-likeness (QED) is 0.258. The molecule has 0 bridgehead atoms. The molecule has 0 aliphatic carbocycles.